The molecule has 1 aromatic heterocycles. The van der Waals surface area contributed by atoms with Crippen LogP contribution in [0, 0.1) is 5.82 Å². The summed E-state index contributed by atoms with van der Waals surface area (Å²) in [7, 11) is 0. The van der Waals surface area contributed by atoms with Crippen molar-refractivity contribution in [1.29, 1.82) is 0 Å². The van der Waals surface area contributed by atoms with E-state index >= 15 is 0 Å². The second-order valence-electron chi connectivity index (χ2n) is 4.94. The molecule has 118 valence electrons. The fourth-order valence-electron chi connectivity index (χ4n) is 2.05. The Balaban J connectivity index is 1.78. The third-order valence-corrected chi connectivity index (χ3v) is 5.20. The van der Waals surface area contributed by atoms with Gasteiger partial charge in [0.25, 0.3) is 0 Å². The summed E-state index contributed by atoms with van der Waals surface area (Å²) >= 11 is 2.96. The van der Waals surface area contributed by atoms with E-state index in [2.05, 4.69) is 10.2 Å². The van der Waals surface area contributed by atoms with Crippen LogP contribution in [-0.4, -0.2) is 27.4 Å². The Morgan fingerprint density at radius 1 is 1.30 bits per heavy atom. The molecule has 1 aliphatic rings. The molecule has 2 aromatic rings. The molecule has 1 amide bonds. The molecule has 1 aliphatic heterocycles. The molecule has 7 heteroatoms. The number of benzene rings is 1. The Bertz CT molecular complexity index is 754. The maximum absolute atomic E-state index is 13.0. The zero-order valence-electron chi connectivity index (χ0n) is 12.4. The highest BCUT2D eigenvalue weighted by Crippen LogP contribution is 2.22. The number of amidine groups is 1. The van der Waals surface area contributed by atoms with Gasteiger partial charge < -0.3 is 0 Å². The average Bonchev–Trinajstić information content (AvgIpc) is 3.19. The van der Waals surface area contributed by atoms with Crippen molar-refractivity contribution in [2.24, 2.45) is 10.2 Å². The van der Waals surface area contributed by atoms with Crippen LogP contribution in [0.15, 0.2) is 52.0 Å². The van der Waals surface area contributed by atoms with Crippen molar-refractivity contribution in [3.63, 3.8) is 0 Å². The second-order valence-corrected chi connectivity index (χ2v) is 6.83. The quantitative estimate of drug-likeness (QED) is 0.625. The summed E-state index contributed by atoms with van der Waals surface area (Å²) in [5, 5.41) is 11.0. The van der Waals surface area contributed by atoms with E-state index < -0.39 is 0 Å². The molecule has 0 spiro atoms. The Hall–Kier alpha value is -1.99. The maximum atomic E-state index is 13.0. The van der Waals surface area contributed by atoms with Gasteiger partial charge in [0.15, 0.2) is 5.17 Å². The van der Waals surface area contributed by atoms with Crippen LogP contribution in [0.1, 0.15) is 17.4 Å². The number of thioether (sulfide) groups is 1. The Labute approximate surface area is 141 Å². The van der Waals surface area contributed by atoms with Crippen LogP contribution < -0.4 is 0 Å². The van der Waals surface area contributed by atoms with Gasteiger partial charge in [-0.05, 0) is 36.1 Å². The lowest BCUT2D eigenvalue weighted by molar-refractivity contribution is -0.124. The van der Waals surface area contributed by atoms with Gasteiger partial charge in [-0.2, -0.15) is 5.10 Å². The minimum atomic E-state index is -0.291. The molecule has 0 aliphatic carbocycles. The molecule has 0 unspecified atom stereocenters. The molecule has 2 heterocycles. The van der Waals surface area contributed by atoms with E-state index in [4.69, 9.17) is 0 Å². The first-order valence-electron chi connectivity index (χ1n) is 6.97. The molecule has 1 fully saturated rings. The van der Waals surface area contributed by atoms with Crippen molar-refractivity contribution in [2.75, 3.05) is 5.75 Å². The van der Waals surface area contributed by atoms with Crippen LogP contribution in [0.5, 0.6) is 0 Å². The van der Waals surface area contributed by atoms with Crippen LogP contribution >= 0.6 is 23.1 Å². The second kappa shape index (κ2) is 7.06. The molecule has 0 bridgehead atoms. The predicted octanol–water partition coefficient (Wildman–Crippen LogP) is 3.74. The Morgan fingerprint density at radius 2 is 2.09 bits per heavy atom. The molecule has 0 atom stereocenters. The number of hydrogen-bond donors (Lipinski definition) is 0. The van der Waals surface area contributed by atoms with Gasteiger partial charge in [0.05, 0.1) is 22.9 Å². The third-order valence-electron chi connectivity index (χ3n) is 3.27. The number of amides is 1. The van der Waals surface area contributed by atoms with Crippen molar-refractivity contribution in [1.82, 2.24) is 4.90 Å². The fraction of sp³-hybridized carbons (Fsp3) is 0.188. The highest BCUT2D eigenvalue weighted by Gasteiger charge is 2.28. The van der Waals surface area contributed by atoms with Gasteiger partial charge in [-0.3, -0.25) is 9.69 Å². The van der Waals surface area contributed by atoms with Crippen molar-refractivity contribution < 1.29 is 9.18 Å². The van der Waals surface area contributed by atoms with Gasteiger partial charge >= 0.3 is 0 Å². The number of nitrogens with zero attached hydrogens (tertiary/aromatic N) is 3. The third kappa shape index (κ3) is 3.86. The summed E-state index contributed by atoms with van der Waals surface area (Å²) in [5.41, 5.74) is 1.67. The minimum Gasteiger partial charge on any atom is -0.285 e. The average molecular weight is 347 g/mol. The van der Waals surface area contributed by atoms with Gasteiger partial charge in [-0.25, -0.2) is 4.39 Å². The largest absolute Gasteiger partial charge is 0.285 e. The van der Waals surface area contributed by atoms with Gasteiger partial charge in [0.2, 0.25) is 5.91 Å². The lowest BCUT2D eigenvalue weighted by Gasteiger charge is -2.15. The van der Waals surface area contributed by atoms with Crippen LogP contribution in [0.2, 0.25) is 0 Å². The molecule has 0 N–H and O–H groups in total. The molecule has 0 saturated carbocycles. The SMILES string of the molecule is C/C(=N/N=C1\SCC(=O)N1Cc1ccc(F)cc1)c1cccs1. The van der Waals surface area contributed by atoms with Gasteiger partial charge in [-0.15, -0.1) is 16.4 Å². The van der Waals surface area contributed by atoms with E-state index in [-0.39, 0.29) is 11.7 Å². The van der Waals surface area contributed by atoms with E-state index in [9.17, 15) is 9.18 Å². The van der Waals surface area contributed by atoms with E-state index in [0.29, 0.717) is 17.5 Å². The maximum Gasteiger partial charge on any atom is 0.239 e. The number of hydrogen-bond acceptors (Lipinski definition) is 5. The number of thiophene rings is 1. The van der Waals surface area contributed by atoms with E-state index in [0.717, 1.165) is 16.2 Å². The molecule has 3 rings (SSSR count). The minimum absolute atomic E-state index is 0.0120. The zero-order valence-corrected chi connectivity index (χ0v) is 14.0. The molecule has 1 saturated heterocycles. The van der Waals surface area contributed by atoms with E-state index in [1.807, 2.05) is 24.4 Å². The molecular weight excluding hydrogens is 333 g/mol. The molecule has 4 nitrogen and oxygen atoms in total. The van der Waals surface area contributed by atoms with Gasteiger partial charge in [0, 0.05) is 0 Å². The van der Waals surface area contributed by atoms with Crippen LogP contribution in [-0.2, 0) is 11.3 Å². The van der Waals surface area contributed by atoms with Crippen molar-refractivity contribution >= 4 is 39.9 Å². The summed E-state index contributed by atoms with van der Waals surface area (Å²) in [5.74, 6) is 0.0520. The monoisotopic (exact) mass is 347 g/mol. The smallest absolute Gasteiger partial charge is 0.239 e. The topological polar surface area (TPSA) is 45.0 Å². The number of carbonyl (C=O) groups excluding carboxylic acids is 1. The fourth-order valence-corrected chi connectivity index (χ4v) is 3.55. The highest BCUT2D eigenvalue weighted by atomic mass is 32.2. The summed E-state index contributed by atoms with van der Waals surface area (Å²) < 4.78 is 13.0. The number of rotatable bonds is 4. The standard InChI is InChI=1S/C16H14FN3OS2/c1-11(14-3-2-8-22-14)18-19-16-20(15(21)10-23-16)9-12-4-6-13(17)7-5-12/h2-8H,9-10H2,1H3/b18-11-,19-16-. The normalized spacial score (nSPS) is 17.3. The Kier molecular flexibility index (Phi) is 4.88. The predicted molar refractivity (Wildman–Crippen MR) is 93.4 cm³/mol. The summed E-state index contributed by atoms with van der Waals surface area (Å²) in [6.07, 6.45) is 0. The first kappa shape index (κ1) is 15.9. The van der Waals surface area contributed by atoms with Crippen LogP contribution in [0.4, 0.5) is 4.39 Å². The van der Waals surface area contributed by atoms with Crippen LogP contribution in [0.3, 0.4) is 0 Å². The molecular formula is C16H14FN3OS2. The van der Waals surface area contributed by atoms with Crippen molar-refractivity contribution in [2.45, 2.75) is 13.5 Å². The zero-order chi connectivity index (χ0) is 16.2. The van der Waals surface area contributed by atoms with E-state index in [1.165, 1.54) is 23.9 Å². The first-order valence-corrected chi connectivity index (χ1v) is 8.84. The van der Waals surface area contributed by atoms with Crippen molar-refractivity contribution in [3.05, 3.63) is 58.0 Å². The summed E-state index contributed by atoms with van der Waals surface area (Å²) in [6, 6.07) is 10.1. The van der Waals surface area contributed by atoms with E-state index in [1.54, 1.807) is 28.4 Å². The molecule has 23 heavy (non-hydrogen) atoms. The first-order chi connectivity index (χ1) is 11.1. The lowest BCUT2D eigenvalue weighted by Crippen LogP contribution is -2.28. The summed E-state index contributed by atoms with van der Waals surface area (Å²) in [6.45, 7) is 2.26. The molecule has 1 aromatic carbocycles. The highest BCUT2D eigenvalue weighted by molar-refractivity contribution is 8.15. The Morgan fingerprint density at radius 3 is 2.78 bits per heavy atom. The van der Waals surface area contributed by atoms with Gasteiger partial charge in [-0.1, -0.05) is 30.0 Å². The van der Waals surface area contributed by atoms with Crippen molar-refractivity contribution in [3.8, 4) is 0 Å². The molecule has 0 radical (unpaired) electrons. The number of halogens is 1. The van der Waals surface area contributed by atoms with Crippen LogP contribution in [0.25, 0.3) is 0 Å². The lowest BCUT2D eigenvalue weighted by atomic mass is 10.2. The summed E-state index contributed by atoms with van der Waals surface area (Å²) in [4.78, 5) is 14.7. The van der Waals surface area contributed by atoms with Gasteiger partial charge in [0.1, 0.15) is 5.82 Å². The number of carbonyl (C=O) groups is 1.